The van der Waals surface area contributed by atoms with E-state index in [-0.39, 0.29) is 11.5 Å². The van der Waals surface area contributed by atoms with E-state index >= 15 is 0 Å². The summed E-state index contributed by atoms with van der Waals surface area (Å²) in [6.07, 6.45) is 0. The van der Waals surface area contributed by atoms with Crippen molar-refractivity contribution in [2.45, 2.75) is 13.0 Å². The number of carboxylic acid groups (broad SMARTS) is 1. The lowest BCUT2D eigenvalue weighted by atomic mass is 10.1. The molecule has 0 saturated carbocycles. The molecule has 0 aliphatic carbocycles. The molecule has 1 unspecified atom stereocenters. The van der Waals surface area contributed by atoms with Gasteiger partial charge in [-0.25, -0.2) is 13.6 Å². The van der Waals surface area contributed by atoms with E-state index in [2.05, 4.69) is 25.9 Å². The number of carboxylic acids is 1. The van der Waals surface area contributed by atoms with Gasteiger partial charge in [0, 0.05) is 0 Å². The molecule has 2 aromatic rings. The molecule has 3 N–H and O–H groups in total. The molecular formula is C10H9F2N5O2. The van der Waals surface area contributed by atoms with Gasteiger partial charge in [-0.3, -0.25) is 0 Å². The van der Waals surface area contributed by atoms with Gasteiger partial charge < -0.3 is 10.4 Å². The maximum absolute atomic E-state index is 13.7. The second-order valence-corrected chi connectivity index (χ2v) is 3.73. The lowest BCUT2D eigenvalue weighted by Gasteiger charge is -2.13. The molecule has 0 fully saturated rings. The molecule has 19 heavy (non-hydrogen) atoms. The maximum atomic E-state index is 13.7. The van der Waals surface area contributed by atoms with Crippen LogP contribution in [0.25, 0.3) is 0 Å². The molecule has 7 nitrogen and oxygen atoms in total. The van der Waals surface area contributed by atoms with Crippen molar-refractivity contribution >= 4 is 11.7 Å². The summed E-state index contributed by atoms with van der Waals surface area (Å²) >= 11 is 0. The Bertz CT molecular complexity index is 602. The molecule has 1 aromatic carbocycles. The van der Waals surface area contributed by atoms with Crippen LogP contribution in [0.5, 0.6) is 0 Å². The van der Waals surface area contributed by atoms with E-state index in [1.54, 1.807) is 6.92 Å². The number of nitrogens with zero attached hydrogens (tertiary/aromatic N) is 3. The zero-order valence-corrected chi connectivity index (χ0v) is 9.69. The average Bonchev–Trinajstić information content (AvgIpc) is 2.88. The second kappa shape index (κ2) is 4.96. The molecule has 0 radical (unpaired) electrons. The number of hydrogen-bond donors (Lipinski definition) is 3. The zero-order chi connectivity index (χ0) is 14.0. The van der Waals surface area contributed by atoms with E-state index in [0.29, 0.717) is 0 Å². The van der Waals surface area contributed by atoms with Crippen LogP contribution in [-0.2, 0) is 0 Å². The Morgan fingerprint density at radius 2 is 2.16 bits per heavy atom. The van der Waals surface area contributed by atoms with E-state index in [1.165, 1.54) is 0 Å². The standard InChI is InChI=1S/C10H9F2N5O2/c1-4(9-14-16-17-15-9)13-6-3-2-5(10(18)19)7(11)8(6)12/h2-4,13H,1H3,(H,18,19)(H,14,15,16,17). The molecule has 0 spiro atoms. The Balaban J connectivity index is 2.27. The summed E-state index contributed by atoms with van der Waals surface area (Å²) in [6.45, 7) is 1.62. The number of aromatic amines is 1. The third kappa shape index (κ3) is 2.49. The van der Waals surface area contributed by atoms with Crippen LogP contribution in [0.4, 0.5) is 14.5 Å². The third-order valence-electron chi connectivity index (χ3n) is 2.43. The number of aromatic nitrogens is 4. The molecule has 1 atom stereocenters. The molecule has 0 saturated heterocycles. The Labute approximate surface area is 105 Å². The SMILES string of the molecule is CC(Nc1ccc(C(=O)O)c(F)c1F)c1nn[nH]n1. The van der Waals surface area contributed by atoms with Crippen molar-refractivity contribution in [3.8, 4) is 0 Å². The first-order chi connectivity index (χ1) is 9.00. The van der Waals surface area contributed by atoms with E-state index in [4.69, 9.17) is 5.11 Å². The average molecular weight is 269 g/mol. The summed E-state index contributed by atoms with van der Waals surface area (Å²) in [6, 6.07) is 1.59. The van der Waals surface area contributed by atoms with Gasteiger partial charge in [0.1, 0.15) is 0 Å². The molecule has 100 valence electrons. The van der Waals surface area contributed by atoms with Crippen molar-refractivity contribution in [1.29, 1.82) is 0 Å². The number of rotatable bonds is 4. The fourth-order valence-corrected chi connectivity index (χ4v) is 1.48. The normalized spacial score (nSPS) is 12.2. The van der Waals surface area contributed by atoms with Crippen molar-refractivity contribution < 1.29 is 18.7 Å². The monoisotopic (exact) mass is 269 g/mol. The molecule has 9 heteroatoms. The Morgan fingerprint density at radius 1 is 1.42 bits per heavy atom. The highest BCUT2D eigenvalue weighted by atomic mass is 19.2. The topological polar surface area (TPSA) is 104 Å². The quantitative estimate of drug-likeness (QED) is 0.774. The van der Waals surface area contributed by atoms with Gasteiger partial charge in [-0.15, -0.1) is 10.2 Å². The largest absolute Gasteiger partial charge is 0.478 e. The van der Waals surface area contributed by atoms with Crippen LogP contribution >= 0.6 is 0 Å². The van der Waals surface area contributed by atoms with Crippen LogP contribution < -0.4 is 5.32 Å². The van der Waals surface area contributed by atoms with Gasteiger partial charge in [0.2, 0.25) is 0 Å². The minimum atomic E-state index is -1.53. The smallest absolute Gasteiger partial charge is 0.338 e. The minimum Gasteiger partial charge on any atom is -0.478 e. The lowest BCUT2D eigenvalue weighted by molar-refractivity contribution is 0.0690. The molecule has 2 rings (SSSR count). The number of H-pyrrole nitrogens is 1. The number of tetrazole rings is 1. The number of anilines is 1. The highest BCUT2D eigenvalue weighted by molar-refractivity contribution is 5.88. The fourth-order valence-electron chi connectivity index (χ4n) is 1.48. The molecule has 0 aliphatic rings. The van der Waals surface area contributed by atoms with Crippen LogP contribution in [-0.4, -0.2) is 31.7 Å². The first-order valence-electron chi connectivity index (χ1n) is 5.22. The number of nitrogens with one attached hydrogen (secondary N) is 2. The van der Waals surface area contributed by atoms with Crippen LogP contribution in [0.15, 0.2) is 12.1 Å². The van der Waals surface area contributed by atoms with Gasteiger partial charge in [-0.05, 0) is 19.1 Å². The molecular weight excluding hydrogens is 260 g/mol. The predicted octanol–water partition coefficient (Wildman–Crippen LogP) is 1.35. The summed E-state index contributed by atoms with van der Waals surface area (Å²) in [5.41, 5.74) is -0.907. The number of benzene rings is 1. The zero-order valence-electron chi connectivity index (χ0n) is 9.69. The maximum Gasteiger partial charge on any atom is 0.338 e. The molecule has 0 aliphatic heterocycles. The number of halogens is 2. The van der Waals surface area contributed by atoms with Crippen molar-refractivity contribution in [3.05, 3.63) is 35.2 Å². The van der Waals surface area contributed by atoms with Gasteiger partial charge in [0.25, 0.3) is 0 Å². The second-order valence-electron chi connectivity index (χ2n) is 3.73. The Morgan fingerprint density at radius 3 is 2.74 bits per heavy atom. The fraction of sp³-hybridized carbons (Fsp3) is 0.200. The summed E-state index contributed by atoms with van der Waals surface area (Å²) < 4.78 is 27.1. The van der Waals surface area contributed by atoms with E-state index in [1.807, 2.05) is 0 Å². The first kappa shape index (κ1) is 12.9. The van der Waals surface area contributed by atoms with Crippen molar-refractivity contribution in [2.24, 2.45) is 0 Å². The van der Waals surface area contributed by atoms with E-state index in [0.717, 1.165) is 12.1 Å². The predicted molar refractivity (Wildman–Crippen MR) is 59.5 cm³/mol. The van der Waals surface area contributed by atoms with Gasteiger partial charge in [-0.1, -0.05) is 5.21 Å². The lowest BCUT2D eigenvalue weighted by Crippen LogP contribution is -2.12. The highest BCUT2D eigenvalue weighted by Crippen LogP contribution is 2.23. The van der Waals surface area contributed by atoms with Crippen LogP contribution in [0, 0.1) is 11.6 Å². The molecule has 0 amide bonds. The van der Waals surface area contributed by atoms with Crippen LogP contribution in [0.2, 0.25) is 0 Å². The van der Waals surface area contributed by atoms with Gasteiger partial charge in [0.05, 0.1) is 17.3 Å². The van der Waals surface area contributed by atoms with Gasteiger partial charge in [0.15, 0.2) is 17.5 Å². The van der Waals surface area contributed by atoms with Gasteiger partial charge in [-0.2, -0.15) is 5.21 Å². The summed E-state index contributed by atoms with van der Waals surface area (Å²) in [4.78, 5) is 10.6. The summed E-state index contributed by atoms with van der Waals surface area (Å²) in [5.74, 6) is -3.95. The van der Waals surface area contributed by atoms with Crippen LogP contribution in [0.3, 0.4) is 0 Å². The van der Waals surface area contributed by atoms with E-state index in [9.17, 15) is 13.6 Å². The molecule has 1 heterocycles. The number of carbonyl (C=O) groups is 1. The van der Waals surface area contributed by atoms with Gasteiger partial charge >= 0.3 is 5.97 Å². The van der Waals surface area contributed by atoms with Crippen molar-refractivity contribution in [3.63, 3.8) is 0 Å². The highest BCUT2D eigenvalue weighted by Gasteiger charge is 2.20. The number of aromatic carboxylic acids is 1. The third-order valence-corrected chi connectivity index (χ3v) is 2.43. The minimum absolute atomic E-state index is 0.181. The molecule has 0 bridgehead atoms. The Hall–Kier alpha value is -2.58. The molecule has 1 aromatic heterocycles. The summed E-state index contributed by atoms with van der Waals surface area (Å²) in [7, 11) is 0. The van der Waals surface area contributed by atoms with Crippen LogP contribution in [0.1, 0.15) is 29.1 Å². The Kier molecular flexibility index (Phi) is 3.36. The van der Waals surface area contributed by atoms with Crippen molar-refractivity contribution in [2.75, 3.05) is 5.32 Å². The summed E-state index contributed by atoms with van der Waals surface area (Å²) in [5, 5.41) is 24.2. The van der Waals surface area contributed by atoms with E-state index < -0.39 is 29.2 Å². The number of hydrogen-bond acceptors (Lipinski definition) is 5. The van der Waals surface area contributed by atoms with Crippen molar-refractivity contribution in [1.82, 2.24) is 20.6 Å². The first-order valence-corrected chi connectivity index (χ1v) is 5.22.